The predicted octanol–water partition coefficient (Wildman–Crippen LogP) is 3.73. The molecule has 3 aromatic heterocycles. The highest BCUT2D eigenvalue weighted by Gasteiger charge is 2.29. The van der Waals surface area contributed by atoms with Crippen LogP contribution in [0.25, 0.3) is 22.3 Å². The zero-order valence-corrected chi connectivity index (χ0v) is 17.8. The summed E-state index contributed by atoms with van der Waals surface area (Å²) in [6.07, 6.45) is 13.3. The normalized spacial score (nSPS) is 19.8. The van der Waals surface area contributed by atoms with Gasteiger partial charge in [0.25, 0.3) is 0 Å². The Morgan fingerprint density at radius 2 is 1.84 bits per heavy atom. The van der Waals surface area contributed by atoms with Gasteiger partial charge in [0.15, 0.2) is 5.82 Å². The molecular weight excluding hydrogens is 386 g/mol. The minimum absolute atomic E-state index is 0.530. The zero-order chi connectivity index (χ0) is 20.6. The molecule has 3 fully saturated rings. The van der Waals surface area contributed by atoms with Crippen molar-refractivity contribution in [2.24, 2.45) is 0 Å². The SMILES string of the molecule is c1cc(-c2nc(N3CCNCC3)c3c(C4CC4)cncc3n2)cc(NC2CCCC2)n1. The van der Waals surface area contributed by atoms with E-state index in [4.69, 9.17) is 9.97 Å². The molecule has 0 amide bonds. The van der Waals surface area contributed by atoms with Crippen LogP contribution in [0.3, 0.4) is 0 Å². The van der Waals surface area contributed by atoms with Crippen LogP contribution in [-0.2, 0) is 0 Å². The Hall–Kier alpha value is -2.80. The Kier molecular flexibility index (Phi) is 4.91. The van der Waals surface area contributed by atoms with Crippen LogP contribution < -0.4 is 15.5 Å². The highest BCUT2D eigenvalue weighted by Crippen LogP contribution is 2.44. The first-order valence-corrected chi connectivity index (χ1v) is 11.7. The van der Waals surface area contributed by atoms with Crippen molar-refractivity contribution in [1.82, 2.24) is 25.3 Å². The molecule has 0 bridgehead atoms. The van der Waals surface area contributed by atoms with Crippen molar-refractivity contribution >= 4 is 22.5 Å². The summed E-state index contributed by atoms with van der Waals surface area (Å²) in [5.41, 5.74) is 3.27. The lowest BCUT2D eigenvalue weighted by Crippen LogP contribution is -2.44. The van der Waals surface area contributed by atoms with Crippen molar-refractivity contribution in [1.29, 1.82) is 0 Å². The van der Waals surface area contributed by atoms with E-state index >= 15 is 0 Å². The van der Waals surface area contributed by atoms with Gasteiger partial charge in [0.2, 0.25) is 0 Å². The van der Waals surface area contributed by atoms with Crippen LogP contribution in [-0.4, -0.2) is 52.2 Å². The van der Waals surface area contributed by atoms with Crippen LogP contribution >= 0.6 is 0 Å². The van der Waals surface area contributed by atoms with Crippen molar-refractivity contribution in [2.45, 2.75) is 50.5 Å². The van der Waals surface area contributed by atoms with Gasteiger partial charge < -0.3 is 15.5 Å². The van der Waals surface area contributed by atoms with Gasteiger partial charge in [-0.1, -0.05) is 12.8 Å². The van der Waals surface area contributed by atoms with E-state index in [-0.39, 0.29) is 0 Å². The number of aromatic nitrogens is 4. The van der Waals surface area contributed by atoms with Gasteiger partial charge in [-0.05, 0) is 49.3 Å². The molecule has 0 unspecified atom stereocenters. The van der Waals surface area contributed by atoms with E-state index < -0.39 is 0 Å². The molecule has 0 spiro atoms. The lowest BCUT2D eigenvalue weighted by molar-refractivity contribution is 0.586. The van der Waals surface area contributed by atoms with Gasteiger partial charge >= 0.3 is 0 Å². The monoisotopic (exact) mass is 415 g/mol. The van der Waals surface area contributed by atoms with Crippen LogP contribution in [0.1, 0.15) is 50.0 Å². The van der Waals surface area contributed by atoms with Gasteiger partial charge in [0.1, 0.15) is 11.6 Å². The molecule has 160 valence electrons. The van der Waals surface area contributed by atoms with E-state index in [9.17, 15) is 0 Å². The topological polar surface area (TPSA) is 78.9 Å². The Labute approximate surface area is 182 Å². The molecule has 1 aliphatic heterocycles. The van der Waals surface area contributed by atoms with Crippen LogP contribution in [0.15, 0.2) is 30.7 Å². The highest BCUT2D eigenvalue weighted by molar-refractivity contribution is 5.94. The van der Waals surface area contributed by atoms with Gasteiger partial charge in [-0.3, -0.25) is 4.98 Å². The first kappa shape index (κ1) is 18.9. The molecule has 4 heterocycles. The van der Waals surface area contributed by atoms with Crippen LogP contribution in [0.4, 0.5) is 11.6 Å². The largest absolute Gasteiger partial charge is 0.367 e. The zero-order valence-electron chi connectivity index (χ0n) is 17.8. The lowest BCUT2D eigenvalue weighted by atomic mass is 10.1. The summed E-state index contributed by atoms with van der Waals surface area (Å²) in [6.45, 7) is 3.89. The molecule has 2 aliphatic carbocycles. The lowest BCUT2D eigenvalue weighted by Gasteiger charge is -2.30. The summed E-state index contributed by atoms with van der Waals surface area (Å²) in [4.78, 5) is 21.6. The summed E-state index contributed by atoms with van der Waals surface area (Å²) < 4.78 is 0. The fraction of sp³-hybridized carbons (Fsp3) is 0.500. The number of fused-ring (bicyclic) bond motifs is 1. The molecule has 2 saturated carbocycles. The molecule has 6 rings (SSSR count). The smallest absolute Gasteiger partial charge is 0.162 e. The summed E-state index contributed by atoms with van der Waals surface area (Å²) in [7, 11) is 0. The number of pyridine rings is 2. The summed E-state index contributed by atoms with van der Waals surface area (Å²) >= 11 is 0. The molecule has 0 atom stereocenters. The third-order valence-corrected chi connectivity index (χ3v) is 6.78. The highest BCUT2D eigenvalue weighted by atomic mass is 15.2. The number of anilines is 2. The molecule has 31 heavy (non-hydrogen) atoms. The standard InChI is InChI=1S/C24H29N7/c1-2-4-18(3-1)28-21-13-17(7-8-27-21)23-29-20-15-26-14-19(16-5-6-16)22(20)24(30-23)31-11-9-25-10-12-31/h7-8,13-16,18,25H,1-6,9-12H2,(H,27,28). The molecule has 0 radical (unpaired) electrons. The van der Waals surface area contributed by atoms with Gasteiger partial charge in [-0.2, -0.15) is 0 Å². The van der Waals surface area contributed by atoms with Crippen molar-refractivity contribution in [3.63, 3.8) is 0 Å². The van der Waals surface area contributed by atoms with E-state index in [2.05, 4.69) is 31.6 Å². The third kappa shape index (κ3) is 3.82. The van der Waals surface area contributed by atoms with E-state index in [0.29, 0.717) is 12.0 Å². The summed E-state index contributed by atoms with van der Waals surface area (Å²) in [6, 6.07) is 4.64. The second-order valence-electron chi connectivity index (χ2n) is 9.06. The quantitative estimate of drug-likeness (QED) is 0.657. The van der Waals surface area contributed by atoms with Crippen molar-refractivity contribution < 1.29 is 0 Å². The average molecular weight is 416 g/mol. The molecular formula is C24H29N7. The van der Waals surface area contributed by atoms with E-state index in [0.717, 1.165) is 54.7 Å². The maximum Gasteiger partial charge on any atom is 0.162 e. The minimum atomic E-state index is 0.530. The van der Waals surface area contributed by atoms with E-state index in [1.807, 2.05) is 24.7 Å². The Morgan fingerprint density at radius 3 is 2.65 bits per heavy atom. The van der Waals surface area contributed by atoms with Crippen LogP contribution in [0, 0.1) is 0 Å². The Morgan fingerprint density at radius 1 is 1.00 bits per heavy atom. The second kappa shape index (κ2) is 8.04. The van der Waals surface area contributed by atoms with Crippen molar-refractivity contribution in [3.05, 3.63) is 36.3 Å². The number of hydrogen-bond acceptors (Lipinski definition) is 7. The first-order valence-electron chi connectivity index (χ1n) is 11.7. The number of nitrogens with zero attached hydrogens (tertiary/aromatic N) is 5. The molecule has 2 N–H and O–H groups in total. The van der Waals surface area contributed by atoms with Gasteiger partial charge in [0.05, 0.1) is 11.7 Å². The summed E-state index contributed by atoms with van der Waals surface area (Å²) in [5.74, 6) is 3.35. The number of nitrogens with one attached hydrogen (secondary N) is 2. The fourth-order valence-corrected chi connectivity index (χ4v) is 4.96. The molecule has 3 aliphatic rings. The molecule has 7 nitrogen and oxygen atoms in total. The molecule has 1 saturated heterocycles. The van der Waals surface area contributed by atoms with Gasteiger partial charge in [-0.25, -0.2) is 15.0 Å². The Balaban J connectivity index is 1.43. The number of piperazine rings is 1. The minimum Gasteiger partial charge on any atom is -0.367 e. The van der Waals surface area contributed by atoms with Crippen LogP contribution in [0.5, 0.6) is 0 Å². The Bertz CT molecular complexity index is 1080. The second-order valence-corrected chi connectivity index (χ2v) is 9.06. The van der Waals surface area contributed by atoms with Gasteiger partial charge in [-0.15, -0.1) is 0 Å². The predicted molar refractivity (Wildman–Crippen MR) is 124 cm³/mol. The fourth-order valence-electron chi connectivity index (χ4n) is 4.96. The first-order chi connectivity index (χ1) is 15.3. The van der Waals surface area contributed by atoms with E-state index in [1.54, 1.807) is 0 Å². The molecule has 7 heteroatoms. The maximum absolute atomic E-state index is 5.14. The number of rotatable bonds is 5. The van der Waals surface area contributed by atoms with Crippen molar-refractivity contribution in [2.75, 3.05) is 36.4 Å². The molecule has 0 aromatic carbocycles. The van der Waals surface area contributed by atoms with E-state index in [1.165, 1.54) is 49.5 Å². The van der Waals surface area contributed by atoms with Crippen molar-refractivity contribution in [3.8, 4) is 11.4 Å². The van der Waals surface area contributed by atoms with Gasteiger partial charge in [0, 0.05) is 55.6 Å². The van der Waals surface area contributed by atoms with Crippen LogP contribution in [0.2, 0.25) is 0 Å². The number of hydrogen-bond donors (Lipinski definition) is 2. The maximum atomic E-state index is 5.14. The molecule has 3 aromatic rings. The third-order valence-electron chi connectivity index (χ3n) is 6.78. The summed E-state index contributed by atoms with van der Waals surface area (Å²) in [5, 5.41) is 8.25. The average Bonchev–Trinajstić information content (AvgIpc) is 3.55.